The highest BCUT2D eigenvalue weighted by Gasteiger charge is 2.09. The van der Waals surface area contributed by atoms with Crippen molar-refractivity contribution in [2.45, 2.75) is 13.5 Å². The fraction of sp³-hybridized carbons (Fsp3) is 0.150. The third-order valence-electron chi connectivity index (χ3n) is 3.60. The van der Waals surface area contributed by atoms with E-state index >= 15 is 0 Å². The van der Waals surface area contributed by atoms with Gasteiger partial charge in [0, 0.05) is 23.6 Å². The number of amides is 2. The number of benzene rings is 2. The Morgan fingerprint density at radius 3 is 2.48 bits per heavy atom. The Balaban J connectivity index is 1.51. The van der Waals surface area contributed by atoms with Gasteiger partial charge >= 0.3 is 0 Å². The van der Waals surface area contributed by atoms with Crippen LogP contribution >= 0.6 is 11.3 Å². The van der Waals surface area contributed by atoms with Crippen molar-refractivity contribution in [1.82, 2.24) is 4.98 Å². The summed E-state index contributed by atoms with van der Waals surface area (Å²) in [5, 5.41) is 7.85. The maximum Gasteiger partial charge on any atom is 0.252 e. The number of carbonyl (C=O) groups is 2. The summed E-state index contributed by atoms with van der Waals surface area (Å²) in [7, 11) is 0. The lowest BCUT2D eigenvalue weighted by atomic mass is 10.1. The molecule has 0 aliphatic rings. The molecule has 0 radical (unpaired) electrons. The van der Waals surface area contributed by atoms with Crippen molar-refractivity contribution in [3.63, 3.8) is 0 Å². The first-order valence-electron chi connectivity index (χ1n) is 8.35. The Hall–Kier alpha value is -3.03. The number of thiazole rings is 1. The molecule has 2 amide bonds. The van der Waals surface area contributed by atoms with E-state index < -0.39 is 0 Å². The smallest absolute Gasteiger partial charge is 0.252 e. The van der Waals surface area contributed by atoms with Gasteiger partial charge in [-0.1, -0.05) is 42.5 Å². The zero-order valence-electron chi connectivity index (χ0n) is 14.8. The number of nitrogens with zero attached hydrogens (tertiary/aromatic N) is 1. The number of nitrogens with one attached hydrogen (secondary N) is 2. The highest BCUT2D eigenvalue weighted by atomic mass is 32.1. The van der Waals surface area contributed by atoms with Crippen LogP contribution in [-0.2, 0) is 20.9 Å². The van der Waals surface area contributed by atoms with Gasteiger partial charge in [0.15, 0.2) is 5.13 Å². The predicted octanol–water partition coefficient (Wildman–Crippen LogP) is 3.92. The molecule has 2 N–H and O–H groups in total. The molecule has 0 saturated carbocycles. The van der Waals surface area contributed by atoms with Crippen molar-refractivity contribution in [3.8, 4) is 11.3 Å². The monoisotopic (exact) mass is 381 g/mol. The highest BCUT2D eigenvalue weighted by molar-refractivity contribution is 7.14. The lowest BCUT2D eigenvalue weighted by Gasteiger charge is -2.04. The first kappa shape index (κ1) is 18.8. The molecule has 27 heavy (non-hydrogen) atoms. The van der Waals surface area contributed by atoms with E-state index in [0.29, 0.717) is 11.7 Å². The Labute approximate surface area is 161 Å². The van der Waals surface area contributed by atoms with Crippen molar-refractivity contribution < 1.29 is 14.3 Å². The van der Waals surface area contributed by atoms with E-state index in [1.165, 1.54) is 18.3 Å². The fourth-order valence-corrected chi connectivity index (χ4v) is 3.12. The van der Waals surface area contributed by atoms with Crippen molar-refractivity contribution in [2.24, 2.45) is 0 Å². The number of aromatic nitrogens is 1. The molecule has 0 fully saturated rings. The fourth-order valence-electron chi connectivity index (χ4n) is 2.38. The molecule has 0 bridgehead atoms. The second-order valence-electron chi connectivity index (χ2n) is 5.82. The summed E-state index contributed by atoms with van der Waals surface area (Å²) in [6.07, 6.45) is 0. The standard InChI is InChI=1S/C20H19N3O3S/c1-14(24)21-17-9-7-16(8-10-17)18-13-27-20(22-18)23-19(25)12-26-11-15-5-3-2-4-6-15/h2-10,13H,11-12H2,1H3,(H,21,24)(H,22,23,25). The van der Waals surface area contributed by atoms with Gasteiger partial charge in [-0.15, -0.1) is 11.3 Å². The van der Waals surface area contributed by atoms with Gasteiger partial charge in [-0.25, -0.2) is 4.98 Å². The zero-order valence-corrected chi connectivity index (χ0v) is 15.6. The molecule has 0 aliphatic heterocycles. The molecule has 3 rings (SSSR count). The van der Waals surface area contributed by atoms with Gasteiger partial charge < -0.3 is 10.1 Å². The predicted molar refractivity (Wildman–Crippen MR) is 107 cm³/mol. The van der Waals surface area contributed by atoms with Crippen LogP contribution in [0.5, 0.6) is 0 Å². The molecule has 7 heteroatoms. The quantitative estimate of drug-likeness (QED) is 0.650. The number of hydrogen-bond donors (Lipinski definition) is 2. The number of anilines is 2. The number of rotatable bonds is 7. The van der Waals surface area contributed by atoms with Gasteiger partial charge in [-0.05, 0) is 17.7 Å². The van der Waals surface area contributed by atoms with Gasteiger partial charge in [0.25, 0.3) is 5.91 Å². The van der Waals surface area contributed by atoms with Crippen LogP contribution in [0.15, 0.2) is 60.0 Å². The molecule has 0 aliphatic carbocycles. The number of carbonyl (C=O) groups excluding carboxylic acids is 2. The van der Waals surface area contributed by atoms with Gasteiger partial charge in [-0.2, -0.15) is 0 Å². The van der Waals surface area contributed by atoms with Crippen molar-refractivity contribution in [1.29, 1.82) is 0 Å². The lowest BCUT2D eigenvalue weighted by Crippen LogP contribution is -2.18. The Kier molecular flexibility index (Phi) is 6.30. The Morgan fingerprint density at radius 2 is 1.78 bits per heavy atom. The molecular formula is C20H19N3O3S. The summed E-state index contributed by atoms with van der Waals surface area (Å²) in [5.41, 5.74) is 3.41. The van der Waals surface area contributed by atoms with Crippen molar-refractivity contribution >= 4 is 34.0 Å². The van der Waals surface area contributed by atoms with E-state index in [1.807, 2.05) is 60.0 Å². The molecule has 0 spiro atoms. The molecule has 0 atom stereocenters. The van der Waals surface area contributed by atoms with E-state index in [9.17, 15) is 9.59 Å². The summed E-state index contributed by atoms with van der Waals surface area (Å²) in [5.74, 6) is -0.358. The average molecular weight is 381 g/mol. The van der Waals surface area contributed by atoms with Gasteiger partial charge in [0.2, 0.25) is 5.91 Å². The minimum Gasteiger partial charge on any atom is -0.367 e. The van der Waals surface area contributed by atoms with Crippen LogP contribution in [0.25, 0.3) is 11.3 Å². The molecule has 2 aromatic carbocycles. The van der Waals surface area contributed by atoms with Crippen molar-refractivity contribution in [3.05, 3.63) is 65.5 Å². The molecule has 0 unspecified atom stereocenters. The largest absolute Gasteiger partial charge is 0.367 e. The molecular weight excluding hydrogens is 362 g/mol. The maximum absolute atomic E-state index is 12.0. The van der Waals surface area contributed by atoms with Crippen LogP contribution in [-0.4, -0.2) is 23.4 Å². The Morgan fingerprint density at radius 1 is 1.04 bits per heavy atom. The molecule has 0 saturated heterocycles. The van der Waals surface area contributed by atoms with E-state index in [1.54, 1.807) is 0 Å². The first-order valence-corrected chi connectivity index (χ1v) is 9.23. The molecule has 6 nitrogen and oxygen atoms in total. The van der Waals surface area contributed by atoms with Crippen LogP contribution < -0.4 is 10.6 Å². The number of ether oxygens (including phenoxy) is 1. The third kappa shape index (κ3) is 5.73. The second-order valence-corrected chi connectivity index (χ2v) is 6.68. The molecule has 3 aromatic rings. The van der Waals surface area contributed by atoms with Crippen LogP contribution in [0, 0.1) is 0 Å². The summed E-state index contributed by atoms with van der Waals surface area (Å²) < 4.78 is 5.42. The van der Waals surface area contributed by atoms with E-state index in [2.05, 4.69) is 15.6 Å². The summed E-state index contributed by atoms with van der Waals surface area (Å²) >= 11 is 1.35. The van der Waals surface area contributed by atoms with E-state index in [4.69, 9.17) is 4.74 Å². The van der Waals surface area contributed by atoms with Crippen LogP contribution in [0.2, 0.25) is 0 Å². The lowest BCUT2D eigenvalue weighted by molar-refractivity contribution is -0.121. The van der Waals surface area contributed by atoms with Crippen LogP contribution in [0.1, 0.15) is 12.5 Å². The number of hydrogen-bond acceptors (Lipinski definition) is 5. The molecule has 1 aromatic heterocycles. The first-order chi connectivity index (χ1) is 13.1. The topological polar surface area (TPSA) is 80.3 Å². The highest BCUT2D eigenvalue weighted by Crippen LogP contribution is 2.26. The van der Waals surface area contributed by atoms with E-state index in [0.717, 1.165) is 22.5 Å². The van der Waals surface area contributed by atoms with E-state index in [-0.39, 0.29) is 18.4 Å². The second kappa shape index (κ2) is 9.07. The normalized spacial score (nSPS) is 10.4. The van der Waals surface area contributed by atoms with Gasteiger partial charge in [0.1, 0.15) is 6.61 Å². The molecule has 138 valence electrons. The van der Waals surface area contributed by atoms with Crippen LogP contribution in [0.4, 0.5) is 10.8 Å². The minimum absolute atomic E-state index is 0.0325. The minimum atomic E-state index is -0.243. The zero-order chi connectivity index (χ0) is 19.1. The summed E-state index contributed by atoms with van der Waals surface area (Å²) in [6, 6.07) is 17.0. The SMILES string of the molecule is CC(=O)Nc1ccc(-c2csc(NC(=O)COCc3ccccc3)n2)cc1. The maximum atomic E-state index is 12.0. The van der Waals surface area contributed by atoms with Gasteiger partial charge in [0.05, 0.1) is 12.3 Å². The third-order valence-corrected chi connectivity index (χ3v) is 4.35. The van der Waals surface area contributed by atoms with Crippen molar-refractivity contribution in [2.75, 3.05) is 17.2 Å². The van der Waals surface area contributed by atoms with Gasteiger partial charge in [-0.3, -0.25) is 14.9 Å². The molecule has 1 heterocycles. The average Bonchev–Trinajstić information content (AvgIpc) is 3.11. The summed E-state index contributed by atoms with van der Waals surface area (Å²) in [6.45, 7) is 1.82. The Bertz CT molecular complexity index is 908. The summed E-state index contributed by atoms with van der Waals surface area (Å²) in [4.78, 5) is 27.5. The van der Waals surface area contributed by atoms with Crippen LogP contribution in [0.3, 0.4) is 0 Å².